The van der Waals surface area contributed by atoms with Crippen LogP contribution in [0.4, 0.5) is 11.4 Å². The van der Waals surface area contributed by atoms with Gasteiger partial charge in [-0.25, -0.2) is 0 Å². The average molecular weight is 348 g/mol. The van der Waals surface area contributed by atoms with Gasteiger partial charge < -0.3 is 15.1 Å². The molecule has 0 unspecified atom stereocenters. The number of carbonyl (C=O) groups excluding carboxylic acids is 2. The molecule has 5 heteroatoms. The number of nitrogens with zero attached hydrogens (tertiary/aromatic N) is 2. The highest BCUT2D eigenvalue weighted by Crippen LogP contribution is 2.22. The van der Waals surface area contributed by atoms with E-state index in [4.69, 9.17) is 0 Å². The van der Waals surface area contributed by atoms with Crippen LogP contribution in [0.25, 0.3) is 0 Å². The second-order valence-corrected chi connectivity index (χ2v) is 6.33. The van der Waals surface area contributed by atoms with Gasteiger partial charge in [-0.3, -0.25) is 9.59 Å². The maximum atomic E-state index is 12.2. The van der Waals surface area contributed by atoms with Crippen molar-refractivity contribution in [3.05, 3.63) is 23.8 Å². The van der Waals surface area contributed by atoms with E-state index in [9.17, 15) is 9.59 Å². The van der Waals surface area contributed by atoms with Gasteiger partial charge in [0.15, 0.2) is 0 Å². The Morgan fingerprint density at radius 2 is 1.76 bits per heavy atom. The molecule has 2 amide bonds. The highest BCUT2D eigenvalue weighted by molar-refractivity contribution is 5.92. The largest absolute Gasteiger partial charge is 0.372 e. The maximum Gasteiger partial charge on any atom is 0.226 e. The third-order valence-corrected chi connectivity index (χ3v) is 4.45. The summed E-state index contributed by atoms with van der Waals surface area (Å²) in [5.41, 5.74) is 3.05. The lowest BCUT2D eigenvalue weighted by molar-refractivity contribution is -0.129. The average Bonchev–Trinajstić information content (AvgIpc) is 2.58. The van der Waals surface area contributed by atoms with E-state index in [0.29, 0.717) is 13.0 Å². The van der Waals surface area contributed by atoms with E-state index in [2.05, 4.69) is 37.1 Å². The van der Waals surface area contributed by atoms with Gasteiger partial charge in [-0.1, -0.05) is 13.3 Å². The Morgan fingerprint density at radius 3 is 2.28 bits per heavy atom. The van der Waals surface area contributed by atoms with Crippen LogP contribution < -0.4 is 10.2 Å². The molecule has 0 aromatic heterocycles. The van der Waals surface area contributed by atoms with E-state index < -0.39 is 0 Å². The second-order valence-electron chi connectivity index (χ2n) is 6.33. The van der Waals surface area contributed by atoms with Gasteiger partial charge in [0.1, 0.15) is 0 Å². The Morgan fingerprint density at radius 1 is 1.08 bits per heavy atom. The fourth-order valence-electron chi connectivity index (χ4n) is 2.80. The third-order valence-electron chi connectivity index (χ3n) is 4.45. The van der Waals surface area contributed by atoms with E-state index >= 15 is 0 Å². The Hall–Kier alpha value is -2.04. The number of hydrogen-bond acceptors (Lipinski definition) is 3. The Bertz CT molecular complexity index is 568. The fraction of sp³-hybridized carbons (Fsp3) is 0.600. The molecule has 1 rings (SSSR count). The second kappa shape index (κ2) is 10.7. The first-order valence-electron chi connectivity index (χ1n) is 9.33. The number of anilines is 2. The quantitative estimate of drug-likeness (QED) is 0.700. The lowest BCUT2D eigenvalue weighted by Gasteiger charge is -2.22. The minimum Gasteiger partial charge on any atom is -0.372 e. The van der Waals surface area contributed by atoms with Gasteiger partial charge in [-0.05, 0) is 51.0 Å². The van der Waals surface area contributed by atoms with Gasteiger partial charge in [0.25, 0.3) is 0 Å². The summed E-state index contributed by atoms with van der Waals surface area (Å²) in [4.78, 5) is 27.9. The molecule has 1 N–H and O–H groups in total. The van der Waals surface area contributed by atoms with Crippen molar-refractivity contribution in [2.75, 3.05) is 36.4 Å². The van der Waals surface area contributed by atoms with Crippen LogP contribution in [-0.4, -0.2) is 42.9 Å². The molecule has 140 valence electrons. The van der Waals surface area contributed by atoms with Crippen molar-refractivity contribution in [3.63, 3.8) is 0 Å². The Kier molecular flexibility index (Phi) is 9.03. The van der Waals surface area contributed by atoms with Crippen molar-refractivity contribution >= 4 is 23.2 Å². The first-order chi connectivity index (χ1) is 11.9. The molecule has 0 radical (unpaired) electrons. The molecule has 0 aliphatic rings. The van der Waals surface area contributed by atoms with Crippen LogP contribution in [0.5, 0.6) is 0 Å². The highest BCUT2D eigenvalue weighted by atomic mass is 16.2. The number of benzene rings is 1. The van der Waals surface area contributed by atoms with E-state index in [1.165, 1.54) is 5.69 Å². The van der Waals surface area contributed by atoms with E-state index in [1.807, 2.05) is 19.1 Å². The molecule has 0 bridgehead atoms. The summed E-state index contributed by atoms with van der Waals surface area (Å²) in [6.07, 6.45) is 2.32. The molecule has 0 fully saturated rings. The number of unbranched alkanes of at least 4 members (excludes halogenated alkanes) is 1. The fourth-order valence-corrected chi connectivity index (χ4v) is 2.80. The molecule has 1 aromatic rings. The van der Waals surface area contributed by atoms with Crippen LogP contribution in [0, 0.1) is 6.92 Å². The molecule has 0 aliphatic carbocycles. The number of hydrogen-bond donors (Lipinski definition) is 1. The van der Waals surface area contributed by atoms with Crippen molar-refractivity contribution in [3.8, 4) is 0 Å². The van der Waals surface area contributed by atoms with Crippen molar-refractivity contribution in [2.45, 2.75) is 53.9 Å². The number of nitrogens with one attached hydrogen (secondary N) is 1. The molecule has 0 spiro atoms. The molecule has 5 nitrogen and oxygen atoms in total. The van der Waals surface area contributed by atoms with Crippen LogP contribution in [0.1, 0.15) is 52.5 Å². The topological polar surface area (TPSA) is 52.7 Å². The van der Waals surface area contributed by atoms with E-state index in [1.54, 1.807) is 11.8 Å². The predicted molar refractivity (Wildman–Crippen MR) is 105 cm³/mol. The first-order valence-corrected chi connectivity index (χ1v) is 9.33. The van der Waals surface area contributed by atoms with Crippen molar-refractivity contribution in [2.24, 2.45) is 0 Å². The standard InChI is InChI=1S/C20H33N3O2/c1-6-9-13-23(17(5)24)14-12-20(25)21-19-11-10-18(15-16(19)4)22(7-2)8-3/h10-11,15H,6-9,12-14H2,1-5H3,(H,21,25). The number of amides is 2. The van der Waals surface area contributed by atoms with Crippen LogP contribution in [0.2, 0.25) is 0 Å². The minimum absolute atomic E-state index is 0.0287. The molecular weight excluding hydrogens is 314 g/mol. The normalized spacial score (nSPS) is 10.4. The highest BCUT2D eigenvalue weighted by Gasteiger charge is 2.12. The summed E-state index contributed by atoms with van der Waals surface area (Å²) in [6, 6.07) is 6.10. The molecule has 0 saturated carbocycles. The van der Waals surface area contributed by atoms with E-state index in [0.717, 1.165) is 43.7 Å². The minimum atomic E-state index is -0.0542. The van der Waals surface area contributed by atoms with Gasteiger partial charge in [0, 0.05) is 50.9 Å². The first kappa shape index (κ1) is 21.0. The smallest absolute Gasteiger partial charge is 0.226 e. The van der Waals surface area contributed by atoms with Gasteiger partial charge in [0.2, 0.25) is 11.8 Å². The zero-order chi connectivity index (χ0) is 18.8. The number of rotatable bonds is 10. The molecule has 1 aromatic carbocycles. The van der Waals surface area contributed by atoms with Crippen LogP contribution in [-0.2, 0) is 9.59 Å². The third kappa shape index (κ3) is 6.77. The number of aryl methyl sites for hydroxylation is 1. The molecule has 0 heterocycles. The van der Waals surface area contributed by atoms with Crippen molar-refractivity contribution < 1.29 is 9.59 Å². The summed E-state index contributed by atoms with van der Waals surface area (Å²) < 4.78 is 0. The van der Waals surface area contributed by atoms with Crippen LogP contribution >= 0.6 is 0 Å². The molecule has 25 heavy (non-hydrogen) atoms. The summed E-state index contributed by atoms with van der Waals surface area (Å²) in [5.74, 6) is -0.0255. The summed E-state index contributed by atoms with van der Waals surface area (Å²) >= 11 is 0. The molecular formula is C20H33N3O2. The summed E-state index contributed by atoms with van der Waals surface area (Å²) in [5, 5.41) is 2.97. The van der Waals surface area contributed by atoms with Gasteiger partial charge in [-0.2, -0.15) is 0 Å². The molecule has 0 aliphatic heterocycles. The SMILES string of the molecule is CCCCN(CCC(=O)Nc1ccc(N(CC)CC)cc1C)C(C)=O. The van der Waals surface area contributed by atoms with Crippen LogP contribution in [0.3, 0.4) is 0 Å². The molecule has 0 saturated heterocycles. The van der Waals surface area contributed by atoms with E-state index in [-0.39, 0.29) is 11.8 Å². The lowest BCUT2D eigenvalue weighted by Crippen LogP contribution is -2.32. The molecule has 0 atom stereocenters. The van der Waals surface area contributed by atoms with Gasteiger partial charge in [0.05, 0.1) is 0 Å². The monoisotopic (exact) mass is 347 g/mol. The van der Waals surface area contributed by atoms with Gasteiger partial charge in [-0.15, -0.1) is 0 Å². The lowest BCUT2D eigenvalue weighted by atomic mass is 10.1. The Labute approximate surface area is 152 Å². The summed E-state index contributed by atoms with van der Waals surface area (Å²) in [7, 11) is 0. The number of carbonyl (C=O) groups is 2. The zero-order valence-electron chi connectivity index (χ0n) is 16.4. The van der Waals surface area contributed by atoms with Crippen LogP contribution in [0.15, 0.2) is 18.2 Å². The Balaban J connectivity index is 2.63. The van der Waals surface area contributed by atoms with Crippen molar-refractivity contribution in [1.29, 1.82) is 0 Å². The van der Waals surface area contributed by atoms with Crippen molar-refractivity contribution in [1.82, 2.24) is 4.90 Å². The predicted octanol–water partition coefficient (Wildman–Crippen LogP) is 3.82. The maximum absolute atomic E-state index is 12.2. The summed E-state index contributed by atoms with van der Waals surface area (Å²) in [6.45, 7) is 13.0. The van der Waals surface area contributed by atoms with Gasteiger partial charge >= 0.3 is 0 Å². The zero-order valence-corrected chi connectivity index (χ0v) is 16.4.